The van der Waals surface area contributed by atoms with E-state index in [1.54, 1.807) is 31.6 Å². The third-order valence-corrected chi connectivity index (χ3v) is 4.23. The van der Waals surface area contributed by atoms with Gasteiger partial charge in [-0.2, -0.15) is 10.4 Å². The third kappa shape index (κ3) is 2.98. The van der Waals surface area contributed by atoms with Gasteiger partial charge in [-0.05, 0) is 12.1 Å². The molecule has 0 aliphatic carbocycles. The van der Waals surface area contributed by atoms with E-state index in [1.165, 1.54) is 4.68 Å². The van der Waals surface area contributed by atoms with Crippen LogP contribution in [0, 0.1) is 11.3 Å². The van der Waals surface area contributed by atoms with Crippen molar-refractivity contribution < 1.29 is 0 Å². The zero-order chi connectivity index (χ0) is 16.4. The van der Waals surface area contributed by atoms with Crippen LogP contribution in [0.1, 0.15) is 5.56 Å². The molecule has 1 fully saturated rings. The second kappa shape index (κ2) is 6.26. The van der Waals surface area contributed by atoms with Crippen LogP contribution in [0.2, 0.25) is 5.02 Å². The molecular formula is C15H15ClN6O. The number of aryl methyl sites for hydroxylation is 1. The van der Waals surface area contributed by atoms with E-state index in [2.05, 4.69) is 21.1 Å². The number of aromatic nitrogens is 3. The molecule has 0 radical (unpaired) electrons. The molecule has 118 valence electrons. The van der Waals surface area contributed by atoms with E-state index in [-0.39, 0.29) is 10.6 Å². The number of anilines is 2. The third-order valence-electron chi connectivity index (χ3n) is 3.88. The van der Waals surface area contributed by atoms with E-state index >= 15 is 0 Å². The van der Waals surface area contributed by atoms with E-state index in [9.17, 15) is 4.79 Å². The molecule has 1 aliphatic heterocycles. The molecule has 0 saturated carbocycles. The molecule has 0 spiro atoms. The fraction of sp³-hybridized carbons (Fsp3) is 0.333. The molecule has 0 N–H and O–H groups in total. The molecule has 0 bridgehead atoms. The van der Waals surface area contributed by atoms with Gasteiger partial charge < -0.3 is 9.80 Å². The van der Waals surface area contributed by atoms with Gasteiger partial charge in [0, 0.05) is 39.4 Å². The predicted molar refractivity (Wildman–Crippen MR) is 87.9 cm³/mol. The second-order valence-corrected chi connectivity index (χ2v) is 5.64. The van der Waals surface area contributed by atoms with Gasteiger partial charge in [-0.25, -0.2) is 9.67 Å². The predicted octanol–water partition coefficient (Wildman–Crippen LogP) is 1.03. The lowest BCUT2D eigenvalue weighted by Crippen LogP contribution is -2.47. The molecule has 1 saturated heterocycles. The van der Waals surface area contributed by atoms with Gasteiger partial charge in [0.2, 0.25) is 0 Å². The first-order valence-corrected chi connectivity index (χ1v) is 7.56. The Morgan fingerprint density at radius 2 is 1.96 bits per heavy atom. The van der Waals surface area contributed by atoms with Crippen molar-refractivity contribution in [3.05, 3.63) is 45.5 Å². The zero-order valence-corrected chi connectivity index (χ0v) is 13.4. The molecule has 2 aromatic heterocycles. The number of pyridine rings is 1. The number of nitriles is 1. The van der Waals surface area contributed by atoms with Crippen LogP contribution in [0.25, 0.3) is 0 Å². The van der Waals surface area contributed by atoms with Gasteiger partial charge in [0.1, 0.15) is 10.8 Å². The normalized spacial score (nSPS) is 14.7. The highest BCUT2D eigenvalue weighted by Gasteiger charge is 2.21. The van der Waals surface area contributed by atoms with Gasteiger partial charge >= 0.3 is 0 Å². The highest BCUT2D eigenvalue weighted by Crippen LogP contribution is 2.23. The van der Waals surface area contributed by atoms with Crippen molar-refractivity contribution in [2.75, 3.05) is 36.0 Å². The first kappa shape index (κ1) is 15.3. The molecule has 7 nitrogen and oxygen atoms in total. The number of hydrogen-bond acceptors (Lipinski definition) is 6. The maximum atomic E-state index is 11.9. The Morgan fingerprint density at radius 1 is 1.26 bits per heavy atom. The monoisotopic (exact) mass is 330 g/mol. The first-order chi connectivity index (χ1) is 11.1. The highest BCUT2D eigenvalue weighted by atomic mass is 35.5. The molecule has 2 aromatic rings. The minimum absolute atomic E-state index is 0.195. The van der Waals surface area contributed by atoms with E-state index in [0.29, 0.717) is 24.3 Å². The summed E-state index contributed by atoms with van der Waals surface area (Å²) in [5.74, 6) is 0.789. The molecule has 0 aromatic carbocycles. The lowest BCUT2D eigenvalue weighted by molar-refractivity contribution is 0.638. The van der Waals surface area contributed by atoms with Crippen molar-refractivity contribution in [1.82, 2.24) is 14.8 Å². The van der Waals surface area contributed by atoms with E-state index in [1.807, 2.05) is 4.90 Å². The average Bonchev–Trinajstić information content (AvgIpc) is 2.60. The number of piperazine rings is 1. The lowest BCUT2D eigenvalue weighted by atomic mass is 10.2. The summed E-state index contributed by atoms with van der Waals surface area (Å²) < 4.78 is 1.22. The van der Waals surface area contributed by atoms with Crippen molar-refractivity contribution in [3.8, 4) is 6.07 Å². The standard InChI is InChI=1S/C15H15ClN6O/c1-20-15(23)14(16)12(10-19-20)21-4-6-22(7-5-21)13-8-11(9-17)2-3-18-13/h2-3,8,10H,4-7H2,1H3. The molecule has 3 rings (SSSR count). The lowest BCUT2D eigenvalue weighted by Gasteiger charge is -2.36. The Morgan fingerprint density at radius 3 is 2.65 bits per heavy atom. The maximum Gasteiger partial charge on any atom is 0.287 e. The van der Waals surface area contributed by atoms with Crippen LogP contribution < -0.4 is 15.4 Å². The van der Waals surface area contributed by atoms with E-state index < -0.39 is 0 Å². The summed E-state index contributed by atoms with van der Waals surface area (Å²) >= 11 is 6.15. The van der Waals surface area contributed by atoms with Gasteiger partial charge in [0.05, 0.1) is 23.5 Å². The van der Waals surface area contributed by atoms with Crippen LogP contribution in [0.4, 0.5) is 11.5 Å². The van der Waals surface area contributed by atoms with Crippen LogP contribution in [0.5, 0.6) is 0 Å². The number of halogens is 1. The summed E-state index contributed by atoms with van der Waals surface area (Å²) in [6, 6.07) is 5.59. The van der Waals surface area contributed by atoms with Gasteiger partial charge in [0.25, 0.3) is 5.56 Å². The fourth-order valence-corrected chi connectivity index (χ4v) is 2.85. The average molecular weight is 331 g/mol. The molecule has 0 unspecified atom stereocenters. The van der Waals surface area contributed by atoms with E-state index in [4.69, 9.17) is 16.9 Å². The Labute approximate surface area is 138 Å². The largest absolute Gasteiger partial charge is 0.365 e. The Balaban J connectivity index is 1.75. The van der Waals surface area contributed by atoms with Crippen molar-refractivity contribution in [2.24, 2.45) is 7.05 Å². The van der Waals surface area contributed by atoms with Crippen molar-refractivity contribution in [2.45, 2.75) is 0 Å². The van der Waals surface area contributed by atoms with Crippen molar-refractivity contribution in [1.29, 1.82) is 5.26 Å². The Kier molecular flexibility index (Phi) is 4.17. The molecule has 23 heavy (non-hydrogen) atoms. The van der Waals surface area contributed by atoms with Crippen molar-refractivity contribution >= 4 is 23.1 Å². The zero-order valence-electron chi connectivity index (χ0n) is 12.6. The molecular weight excluding hydrogens is 316 g/mol. The topological polar surface area (TPSA) is 78.1 Å². The van der Waals surface area contributed by atoms with Crippen LogP contribution in [-0.2, 0) is 7.05 Å². The van der Waals surface area contributed by atoms with Crippen LogP contribution in [-0.4, -0.2) is 40.9 Å². The number of nitrogens with zero attached hydrogens (tertiary/aromatic N) is 6. The maximum absolute atomic E-state index is 11.9. The molecule has 0 amide bonds. The quantitative estimate of drug-likeness (QED) is 0.818. The Bertz CT molecular complexity index is 819. The molecule has 1 aliphatic rings. The molecule has 8 heteroatoms. The van der Waals surface area contributed by atoms with Gasteiger partial charge in [-0.3, -0.25) is 4.79 Å². The summed E-state index contributed by atoms with van der Waals surface area (Å²) in [6.45, 7) is 2.86. The summed E-state index contributed by atoms with van der Waals surface area (Å²) in [4.78, 5) is 20.3. The smallest absolute Gasteiger partial charge is 0.287 e. The highest BCUT2D eigenvalue weighted by molar-refractivity contribution is 6.33. The van der Waals surface area contributed by atoms with Crippen LogP contribution in [0.3, 0.4) is 0 Å². The first-order valence-electron chi connectivity index (χ1n) is 7.18. The summed E-state index contributed by atoms with van der Waals surface area (Å²) in [5.41, 5.74) is 0.958. The van der Waals surface area contributed by atoms with Gasteiger partial charge in [0.15, 0.2) is 0 Å². The second-order valence-electron chi connectivity index (χ2n) is 5.26. The molecule has 3 heterocycles. The minimum atomic E-state index is -0.296. The summed E-state index contributed by atoms with van der Waals surface area (Å²) in [5, 5.41) is 13.2. The van der Waals surface area contributed by atoms with Crippen LogP contribution in [0.15, 0.2) is 29.3 Å². The van der Waals surface area contributed by atoms with Gasteiger partial charge in [-0.15, -0.1) is 0 Å². The van der Waals surface area contributed by atoms with Crippen molar-refractivity contribution in [3.63, 3.8) is 0 Å². The Hall–Kier alpha value is -2.59. The minimum Gasteiger partial charge on any atom is -0.365 e. The van der Waals surface area contributed by atoms with Crippen LogP contribution >= 0.6 is 11.6 Å². The van der Waals surface area contributed by atoms with E-state index in [0.717, 1.165) is 18.9 Å². The number of hydrogen-bond donors (Lipinski definition) is 0. The SMILES string of the molecule is Cn1ncc(N2CCN(c3cc(C#N)ccn3)CC2)c(Cl)c1=O. The number of rotatable bonds is 2. The fourth-order valence-electron chi connectivity index (χ4n) is 2.56. The molecule has 0 atom stereocenters. The van der Waals surface area contributed by atoms with Gasteiger partial charge in [-0.1, -0.05) is 11.6 Å². The summed E-state index contributed by atoms with van der Waals surface area (Å²) in [7, 11) is 1.57. The summed E-state index contributed by atoms with van der Waals surface area (Å²) in [6.07, 6.45) is 3.26.